The minimum Gasteiger partial charge on any atom is -0.671 e. The molecular weight excluding hydrogens is 375 g/mol. The van der Waals surface area contributed by atoms with Gasteiger partial charge in [-0.1, -0.05) is 0 Å². The molecule has 10 heavy (non-hydrogen) atoms. The molecule has 0 aromatic rings. The summed E-state index contributed by atoms with van der Waals surface area (Å²) < 4.78 is 0. The summed E-state index contributed by atoms with van der Waals surface area (Å²) in [4.78, 5) is 10.1. The summed E-state index contributed by atoms with van der Waals surface area (Å²) in [6, 6.07) is -0.597. The Morgan fingerprint density at radius 3 is 2.00 bits per heavy atom. The minimum absolute atomic E-state index is 0. The van der Waals surface area contributed by atoms with E-state index in [1.807, 2.05) is 0 Å². The molecule has 0 saturated carbocycles. The van der Waals surface area contributed by atoms with Crippen LogP contribution in [0.2, 0.25) is 0 Å². The van der Waals surface area contributed by atoms with E-state index in [0.717, 1.165) is 0 Å². The summed E-state index contributed by atoms with van der Waals surface area (Å²) >= 11 is 0. The number of hydrogen-bond acceptors (Lipinski definition) is 1. The number of rotatable bonds is 2. The van der Waals surface area contributed by atoms with Crippen LogP contribution in [0.3, 0.4) is 0 Å². The van der Waals surface area contributed by atoms with Crippen LogP contribution in [0.15, 0.2) is 0 Å². The first-order valence-electron chi connectivity index (χ1n) is 2.19. The smallest absolute Gasteiger partial charge is 0.671 e. The van der Waals surface area contributed by atoms with Gasteiger partial charge >= 0.3 is 21.1 Å². The second kappa shape index (κ2) is 13.0. The SMILES string of the molecule is [CH2-]CC([NH-])C(C)=O.[CH3-].[W+2].[Y]. The monoisotopic (exact) mass is 387 g/mol. The van der Waals surface area contributed by atoms with E-state index in [2.05, 4.69) is 6.92 Å². The molecule has 0 aromatic carbocycles. The third-order valence-corrected chi connectivity index (χ3v) is 0.779. The molecule has 0 heterocycles. The van der Waals surface area contributed by atoms with Crippen molar-refractivity contribution in [1.82, 2.24) is 0 Å². The van der Waals surface area contributed by atoms with Crippen molar-refractivity contribution in [2.24, 2.45) is 0 Å². The molecule has 0 bridgehead atoms. The van der Waals surface area contributed by atoms with Crippen LogP contribution >= 0.6 is 0 Å². The third kappa shape index (κ3) is 12.1. The molecule has 2 nitrogen and oxygen atoms in total. The average molecular weight is 387 g/mol. The van der Waals surface area contributed by atoms with E-state index in [9.17, 15) is 4.79 Å². The number of carbonyl (C=O) groups is 1. The fraction of sp³-hybridized carbons (Fsp3) is 0.500. The molecule has 57 valence electrons. The van der Waals surface area contributed by atoms with E-state index in [0.29, 0.717) is 6.42 Å². The number of ketones is 1. The number of hydrogen-bond donors (Lipinski definition) is 0. The molecule has 0 saturated heterocycles. The van der Waals surface area contributed by atoms with E-state index >= 15 is 0 Å². The van der Waals surface area contributed by atoms with Crippen molar-refractivity contribution in [1.29, 1.82) is 0 Å². The van der Waals surface area contributed by atoms with E-state index in [4.69, 9.17) is 5.73 Å². The fourth-order valence-electron chi connectivity index (χ4n) is 0.203. The molecule has 1 N–H and O–H groups in total. The molecule has 1 unspecified atom stereocenters. The predicted octanol–water partition coefficient (Wildman–Crippen LogP) is 1.67. The molecule has 0 rings (SSSR count). The molecule has 1 radical (unpaired) electrons. The van der Waals surface area contributed by atoms with Gasteiger partial charge in [0.25, 0.3) is 0 Å². The van der Waals surface area contributed by atoms with Crippen LogP contribution in [-0.4, -0.2) is 11.8 Å². The molecule has 4 heteroatoms. The van der Waals surface area contributed by atoms with Crippen molar-refractivity contribution in [2.45, 2.75) is 19.4 Å². The average Bonchev–Trinajstić information content (AvgIpc) is 1.65. The zero-order valence-corrected chi connectivity index (χ0v) is 12.2. The van der Waals surface area contributed by atoms with E-state index in [1.54, 1.807) is 0 Å². The standard InChI is InChI=1S/C5H9NO.CH3.W.Y/c1-3-5(6)4(2)7;;;/h5-6H,1,3H2,2H3;1H3;;/q-2;-1;+2;. The third-order valence-electron chi connectivity index (χ3n) is 0.779. The van der Waals surface area contributed by atoms with E-state index in [1.165, 1.54) is 6.92 Å². The Balaban J connectivity index is -0.0000000600. The Labute approximate surface area is 103 Å². The Morgan fingerprint density at radius 2 is 2.00 bits per heavy atom. The van der Waals surface area contributed by atoms with Crippen LogP contribution in [0, 0.1) is 14.4 Å². The van der Waals surface area contributed by atoms with Crippen molar-refractivity contribution in [3.05, 3.63) is 20.1 Å². The summed E-state index contributed by atoms with van der Waals surface area (Å²) in [6.07, 6.45) is 0.384. The maximum Gasteiger partial charge on any atom is 2.00 e. The predicted molar refractivity (Wildman–Crippen MR) is 35.2 cm³/mol. The summed E-state index contributed by atoms with van der Waals surface area (Å²) in [6.45, 7) is 4.80. The number of Topliss-reactive ketones (excluding diaryl/α,β-unsaturated/α-hetero) is 1. The van der Waals surface area contributed by atoms with Gasteiger partial charge in [0.05, 0.1) is 0 Å². The van der Waals surface area contributed by atoms with Gasteiger partial charge in [-0.2, -0.15) is 6.42 Å². The Kier molecular flexibility index (Phi) is 29.4. The fourth-order valence-corrected chi connectivity index (χ4v) is 0.203. The largest absolute Gasteiger partial charge is 2.00 e. The summed E-state index contributed by atoms with van der Waals surface area (Å²) in [5.74, 6) is -0.102. The van der Waals surface area contributed by atoms with Crippen molar-refractivity contribution >= 4 is 5.78 Å². The second-order valence-corrected chi connectivity index (χ2v) is 1.45. The van der Waals surface area contributed by atoms with Gasteiger partial charge in [0, 0.05) is 32.7 Å². The molecule has 0 aliphatic carbocycles. The first kappa shape index (κ1) is 22.5. The van der Waals surface area contributed by atoms with Gasteiger partial charge in [0.15, 0.2) is 0 Å². The Morgan fingerprint density at radius 1 is 1.70 bits per heavy atom. The second-order valence-electron chi connectivity index (χ2n) is 1.45. The molecule has 0 spiro atoms. The normalized spacial score (nSPS) is 9.50. The first-order valence-corrected chi connectivity index (χ1v) is 2.19. The Bertz CT molecular complexity index is 80.1. The first-order chi connectivity index (χ1) is 3.18. The van der Waals surface area contributed by atoms with Gasteiger partial charge in [-0.3, -0.25) is 0 Å². The van der Waals surface area contributed by atoms with Gasteiger partial charge in [0.1, 0.15) is 5.78 Å². The van der Waals surface area contributed by atoms with Crippen LogP contribution in [-0.2, 0) is 58.6 Å². The van der Waals surface area contributed by atoms with Gasteiger partial charge in [-0.15, -0.1) is 6.04 Å². The molecule has 0 amide bonds. The zero-order chi connectivity index (χ0) is 5.86. The number of carbonyl (C=O) groups excluding carboxylic acids is 1. The van der Waals surface area contributed by atoms with Crippen LogP contribution in [0.5, 0.6) is 0 Å². The maximum absolute atomic E-state index is 10.1. The molecular formula is C6H12NOWY-. The summed E-state index contributed by atoms with van der Waals surface area (Å²) in [7, 11) is 0. The zero-order valence-electron chi connectivity index (χ0n) is 6.39. The van der Waals surface area contributed by atoms with E-state index in [-0.39, 0.29) is 67.0 Å². The van der Waals surface area contributed by atoms with Gasteiger partial charge < -0.3 is 24.9 Å². The molecule has 0 aliphatic rings. The van der Waals surface area contributed by atoms with Crippen molar-refractivity contribution in [3.8, 4) is 0 Å². The Hall–Kier alpha value is 1.42. The van der Waals surface area contributed by atoms with Crippen molar-refractivity contribution in [3.63, 3.8) is 0 Å². The van der Waals surface area contributed by atoms with E-state index < -0.39 is 6.04 Å². The number of nitrogens with one attached hydrogen (secondary N) is 1. The quantitative estimate of drug-likeness (QED) is 0.665. The maximum atomic E-state index is 10.1. The van der Waals surface area contributed by atoms with Gasteiger partial charge in [-0.05, 0) is 6.92 Å². The van der Waals surface area contributed by atoms with Crippen LogP contribution in [0.1, 0.15) is 13.3 Å². The molecule has 0 aliphatic heterocycles. The summed E-state index contributed by atoms with van der Waals surface area (Å²) in [5, 5.41) is 0. The van der Waals surface area contributed by atoms with Crippen molar-refractivity contribution in [2.75, 3.05) is 0 Å². The van der Waals surface area contributed by atoms with Crippen molar-refractivity contribution < 1.29 is 58.6 Å². The molecule has 0 fully saturated rings. The van der Waals surface area contributed by atoms with Crippen LogP contribution < -0.4 is 0 Å². The molecule has 0 aromatic heterocycles. The minimum atomic E-state index is -0.597. The molecule has 1 atom stereocenters. The van der Waals surface area contributed by atoms with Crippen LogP contribution in [0.25, 0.3) is 5.73 Å². The van der Waals surface area contributed by atoms with Gasteiger partial charge in [-0.25, -0.2) is 0 Å². The topological polar surface area (TPSA) is 40.9 Å². The van der Waals surface area contributed by atoms with Crippen LogP contribution in [0.4, 0.5) is 0 Å². The van der Waals surface area contributed by atoms with Gasteiger partial charge in [0.2, 0.25) is 0 Å². The summed E-state index contributed by atoms with van der Waals surface area (Å²) in [5.41, 5.74) is 6.86.